The van der Waals surface area contributed by atoms with Gasteiger partial charge in [-0.15, -0.1) is 0 Å². The number of hydrogen-bond donors (Lipinski definition) is 2. The molecule has 1 aromatic carbocycles. The van der Waals surface area contributed by atoms with Gasteiger partial charge in [0, 0.05) is 6.04 Å². The van der Waals surface area contributed by atoms with E-state index in [9.17, 15) is 4.79 Å². The summed E-state index contributed by atoms with van der Waals surface area (Å²) in [6.45, 7) is 0.644. The summed E-state index contributed by atoms with van der Waals surface area (Å²) < 4.78 is 0. The van der Waals surface area contributed by atoms with E-state index in [-0.39, 0.29) is 5.56 Å². The Morgan fingerprint density at radius 2 is 2.18 bits per heavy atom. The highest BCUT2D eigenvalue weighted by Crippen LogP contribution is 2.18. The lowest BCUT2D eigenvalue weighted by molar-refractivity contribution is 0.335. The number of aromatic amines is 1. The average Bonchev–Trinajstić information content (AvgIpc) is 2.27. The van der Waals surface area contributed by atoms with Gasteiger partial charge in [0.15, 0.2) is 0 Å². The molecule has 1 aliphatic rings. The zero-order valence-corrected chi connectivity index (χ0v) is 9.57. The molecule has 0 radical (unpaired) electrons. The summed E-state index contributed by atoms with van der Waals surface area (Å²) >= 11 is 0. The zero-order valence-electron chi connectivity index (χ0n) is 9.57. The van der Waals surface area contributed by atoms with Gasteiger partial charge in [0.05, 0.1) is 17.4 Å². The number of hydrogen-bond acceptors (Lipinski definition) is 3. The molecule has 2 aromatic rings. The molecule has 4 heteroatoms. The van der Waals surface area contributed by atoms with E-state index in [0.29, 0.717) is 18.0 Å². The smallest absolute Gasteiger partial charge is 0.258 e. The Bertz CT molecular complexity index is 586. The molecule has 4 nitrogen and oxygen atoms in total. The number of nitrogens with one attached hydrogen (secondary N) is 2. The van der Waals surface area contributed by atoms with Gasteiger partial charge in [0.25, 0.3) is 5.56 Å². The van der Waals surface area contributed by atoms with Gasteiger partial charge in [-0.1, -0.05) is 18.6 Å². The minimum absolute atomic E-state index is 0.0546. The first-order chi connectivity index (χ1) is 8.33. The maximum atomic E-state index is 11.8. The molecule has 0 atom stereocenters. The van der Waals surface area contributed by atoms with Crippen LogP contribution >= 0.6 is 0 Å². The van der Waals surface area contributed by atoms with Crippen molar-refractivity contribution in [3.63, 3.8) is 0 Å². The van der Waals surface area contributed by atoms with Crippen LogP contribution in [0, 0.1) is 0 Å². The van der Waals surface area contributed by atoms with Crippen LogP contribution in [0.3, 0.4) is 0 Å². The molecule has 1 fully saturated rings. The maximum absolute atomic E-state index is 11.8. The Labute approximate surface area is 99.1 Å². The number of para-hydroxylation sites is 1. The molecule has 0 saturated heterocycles. The normalized spacial score (nSPS) is 16.0. The lowest BCUT2D eigenvalue weighted by Gasteiger charge is -2.26. The van der Waals surface area contributed by atoms with Crippen molar-refractivity contribution < 1.29 is 0 Å². The molecule has 1 aromatic heterocycles. The predicted molar refractivity (Wildman–Crippen MR) is 66.8 cm³/mol. The Kier molecular flexibility index (Phi) is 2.65. The molecule has 0 aliphatic heterocycles. The van der Waals surface area contributed by atoms with Crippen LogP contribution in [0.2, 0.25) is 0 Å². The first-order valence-corrected chi connectivity index (χ1v) is 6.04. The van der Waals surface area contributed by atoms with Gasteiger partial charge in [-0.25, -0.2) is 4.98 Å². The molecule has 1 saturated carbocycles. The van der Waals surface area contributed by atoms with Gasteiger partial charge in [-0.2, -0.15) is 0 Å². The van der Waals surface area contributed by atoms with Crippen LogP contribution in [0.1, 0.15) is 25.1 Å². The Hall–Kier alpha value is -1.68. The van der Waals surface area contributed by atoms with Crippen molar-refractivity contribution >= 4 is 10.9 Å². The van der Waals surface area contributed by atoms with E-state index in [1.165, 1.54) is 19.3 Å². The highest BCUT2D eigenvalue weighted by Gasteiger charge is 2.16. The topological polar surface area (TPSA) is 57.8 Å². The van der Waals surface area contributed by atoms with Crippen molar-refractivity contribution in [2.24, 2.45) is 0 Å². The second kappa shape index (κ2) is 4.30. The molecule has 3 rings (SSSR count). The van der Waals surface area contributed by atoms with Gasteiger partial charge in [0.2, 0.25) is 0 Å². The summed E-state index contributed by atoms with van der Waals surface area (Å²) in [6.07, 6.45) is 3.77. The number of rotatable bonds is 3. The van der Waals surface area contributed by atoms with E-state index in [1.807, 2.05) is 18.2 Å². The molecular weight excluding hydrogens is 214 g/mol. The standard InChI is InChI=1S/C13H15N3O/c17-13-10-6-1-2-7-11(10)15-12(16-13)8-14-9-4-3-5-9/h1-2,6-7,9,14H,3-5,8H2,(H,15,16,17). The van der Waals surface area contributed by atoms with Crippen molar-refractivity contribution in [3.05, 3.63) is 40.4 Å². The first-order valence-electron chi connectivity index (χ1n) is 6.04. The number of fused-ring (bicyclic) bond motifs is 1. The third-order valence-electron chi connectivity index (χ3n) is 3.33. The molecule has 1 aliphatic carbocycles. The van der Waals surface area contributed by atoms with E-state index >= 15 is 0 Å². The van der Waals surface area contributed by atoms with Crippen LogP contribution in [0.4, 0.5) is 0 Å². The van der Waals surface area contributed by atoms with Crippen molar-refractivity contribution in [1.29, 1.82) is 0 Å². The van der Waals surface area contributed by atoms with Crippen molar-refractivity contribution in [3.8, 4) is 0 Å². The summed E-state index contributed by atoms with van der Waals surface area (Å²) in [5.41, 5.74) is 0.711. The summed E-state index contributed by atoms with van der Waals surface area (Å²) in [5, 5.41) is 4.05. The Balaban J connectivity index is 1.86. The van der Waals surface area contributed by atoms with Crippen LogP contribution in [0.15, 0.2) is 29.1 Å². The Morgan fingerprint density at radius 3 is 2.94 bits per heavy atom. The summed E-state index contributed by atoms with van der Waals surface area (Å²) in [6, 6.07) is 8.03. The minimum atomic E-state index is -0.0546. The molecule has 17 heavy (non-hydrogen) atoms. The van der Waals surface area contributed by atoms with Gasteiger partial charge >= 0.3 is 0 Å². The maximum Gasteiger partial charge on any atom is 0.258 e. The largest absolute Gasteiger partial charge is 0.309 e. The Morgan fingerprint density at radius 1 is 1.35 bits per heavy atom. The van der Waals surface area contributed by atoms with Crippen LogP contribution < -0.4 is 10.9 Å². The van der Waals surface area contributed by atoms with E-state index in [2.05, 4.69) is 15.3 Å². The third kappa shape index (κ3) is 2.08. The number of H-pyrrole nitrogens is 1. The fourth-order valence-electron chi connectivity index (χ4n) is 2.07. The molecule has 0 bridgehead atoms. The second-order valence-corrected chi connectivity index (χ2v) is 4.54. The molecule has 88 valence electrons. The minimum Gasteiger partial charge on any atom is -0.309 e. The fourth-order valence-corrected chi connectivity index (χ4v) is 2.07. The van der Waals surface area contributed by atoms with Crippen molar-refractivity contribution in [2.45, 2.75) is 31.8 Å². The highest BCUT2D eigenvalue weighted by atomic mass is 16.1. The average molecular weight is 229 g/mol. The monoisotopic (exact) mass is 229 g/mol. The van der Waals surface area contributed by atoms with Gasteiger partial charge in [-0.3, -0.25) is 4.79 Å². The van der Waals surface area contributed by atoms with Crippen molar-refractivity contribution in [1.82, 2.24) is 15.3 Å². The lowest BCUT2D eigenvalue weighted by atomic mass is 9.93. The molecule has 0 spiro atoms. The summed E-state index contributed by atoms with van der Waals surface area (Å²) in [7, 11) is 0. The third-order valence-corrected chi connectivity index (χ3v) is 3.33. The number of nitrogens with zero attached hydrogens (tertiary/aromatic N) is 1. The molecular formula is C13H15N3O. The van der Waals surface area contributed by atoms with E-state index < -0.39 is 0 Å². The van der Waals surface area contributed by atoms with E-state index in [1.54, 1.807) is 6.07 Å². The second-order valence-electron chi connectivity index (χ2n) is 4.54. The van der Waals surface area contributed by atoms with Crippen LogP contribution in [-0.4, -0.2) is 16.0 Å². The van der Waals surface area contributed by atoms with Crippen LogP contribution in [0.5, 0.6) is 0 Å². The van der Waals surface area contributed by atoms with Gasteiger partial charge in [0.1, 0.15) is 5.82 Å². The van der Waals surface area contributed by atoms with Gasteiger partial charge < -0.3 is 10.3 Å². The summed E-state index contributed by atoms with van der Waals surface area (Å²) in [5.74, 6) is 0.723. The SMILES string of the molecule is O=c1[nH]c(CNC2CCC2)nc2ccccc12. The quantitative estimate of drug-likeness (QED) is 0.839. The molecule has 0 unspecified atom stereocenters. The predicted octanol–water partition coefficient (Wildman–Crippen LogP) is 1.57. The van der Waals surface area contributed by atoms with Crippen LogP contribution in [0.25, 0.3) is 10.9 Å². The van der Waals surface area contributed by atoms with Crippen molar-refractivity contribution in [2.75, 3.05) is 0 Å². The zero-order chi connectivity index (χ0) is 11.7. The fraction of sp³-hybridized carbons (Fsp3) is 0.385. The molecule has 2 N–H and O–H groups in total. The highest BCUT2D eigenvalue weighted by molar-refractivity contribution is 5.77. The number of benzene rings is 1. The van der Waals surface area contributed by atoms with E-state index in [4.69, 9.17) is 0 Å². The van der Waals surface area contributed by atoms with E-state index in [0.717, 1.165) is 11.3 Å². The van der Waals surface area contributed by atoms with Gasteiger partial charge in [-0.05, 0) is 25.0 Å². The number of aromatic nitrogens is 2. The lowest BCUT2D eigenvalue weighted by Crippen LogP contribution is -2.35. The van der Waals surface area contributed by atoms with Crippen LogP contribution in [-0.2, 0) is 6.54 Å². The first kappa shape index (κ1) is 10.5. The summed E-state index contributed by atoms with van der Waals surface area (Å²) in [4.78, 5) is 19.1. The molecule has 0 amide bonds. The molecule has 1 heterocycles.